The number of phenols is 2. The lowest BCUT2D eigenvalue weighted by Crippen LogP contribution is -2.38. The molecule has 2 N–H and O–H groups in total. The number of allylic oxidation sites excluding steroid dienone is 2. The number of nitrogens with zero attached hydrogens (tertiary/aromatic N) is 1. The molecule has 2 aliphatic rings. The molecule has 0 spiro atoms. The van der Waals surface area contributed by atoms with Gasteiger partial charge in [-0.25, -0.2) is 4.79 Å². The van der Waals surface area contributed by atoms with Crippen molar-refractivity contribution in [1.82, 2.24) is 4.90 Å². The van der Waals surface area contributed by atoms with E-state index in [1.54, 1.807) is 6.92 Å². The van der Waals surface area contributed by atoms with Crippen molar-refractivity contribution < 1.29 is 34.0 Å². The van der Waals surface area contributed by atoms with E-state index in [9.17, 15) is 19.8 Å². The Hall–Kier alpha value is -2.58. The molecule has 0 aliphatic carbocycles. The van der Waals surface area contributed by atoms with Gasteiger partial charge in [0.2, 0.25) is 0 Å². The van der Waals surface area contributed by atoms with Crippen LogP contribution < -0.4 is 0 Å². The quantitative estimate of drug-likeness (QED) is 0.488. The highest BCUT2D eigenvalue weighted by atomic mass is 16.5. The molecule has 8 nitrogen and oxygen atoms in total. The zero-order valence-corrected chi connectivity index (χ0v) is 17.5. The van der Waals surface area contributed by atoms with E-state index in [0.717, 1.165) is 18.7 Å². The van der Waals surface area contributed by atoms with Gasteiger partial charge in [-0.05, 0) is 32.3 Å². The maximum Gasteiger partial charge on any atom is 0.342 e. The Kier molecular flexibility index (Phi) is 7.33. The Morgan fingerprint density at radius 1 is 1.20 bits per heavy atom. The summed E-state index contributed by atoms with van der Waals surface area (Å²) in [7, 11) is 0. The van der Waals surface area contributed by atoms with Crippen LogP contribution >= 0.6 is 0 Å². The van der Waals surface area contributed by atoms with Gasteiger partial charge in [0.15, 0.2) is 0 Å². The second kappa shape index (κ2) is 9.95. The number of ether oxygens (including phenoxy) is 3. The lowest BCUT2D eigenvalue weighted by atomic mass is 9.95. The highest BCUT2D eigenvalue weighted by Crippen LogP contribution is 2.41. The Morgan fingerprint density at radius 3 is 2.67 bits per heavy atom. The molecule has 8 heteroatoms. The van der Waals surface area contributed by atoms with Crippen molar-refractivity contribution in [1.29, 1.82) is 0 Å². The summed E-state index contributed by atoms with van der Waals surface area (Å²) in [6.45, 7) is 7.87. The average Bonchev–Trinajstić information content (AvgIpc) is 3.13. The van der Waals surface area contributed by atoms with Crippen molar-refractivity contribution in [2.45, 2.75) is 39.7 Å². The molecular formula is C22H29NO7. The maximum absolute atomic E-state index is 12.0. The summed E-state index contributed by atoms with van der Waals surface area (Å²) in [4.78, 5) is 26.0. The Balaban J connectivity index is 1.49. The van der Waals surface area contributed by atoms with Crippen LogP contribution in [0, 0.1) is 6.92 Å². The minimum Gasteiger partial charge on any atom is -0.507 e. The molecule has 164 valence electrons. The summed E-state index contributed by atoms with van der Waals surface area (Å²) < 4.78 is 15.5. The molecule has 0 unspecified atom stereocenters. The molecule has 0 bridgehead atoms. The van der Waals surface area contributed by atoms with E-state index >= 15 is 0 Å². The minimum atomic E-state index is -0.577. The highest BCUT2D eigenvalue weighted by Gasteiger charge is 2.31. The molecule has 1 saturated heterocycles. The number of carbonyl (C=O) groups excluding carboxylic acids is 2. The second-order valence-corrected chi connectivity index (χ2v) is 7.66. The number of fused-ring (bicyclic) bond motifs is 1. The molecule has 3 rings (SSSR count). The van der Waals surface area contributed by atoms with Crippen LogP contribution in [0.25, 0.3) is 0 Å². The third kappa shape index (κ3) is 5.12. The maximum atomic E-state index is 12.0. The van der Waals surface area contributed by atoms with Gasteiger partial charge in [0.25, 0.3) is 0 Å². The zero-order chi connectivity index (χ0) is 21.7. The lowest BCUT2D eigenvalue weighted by molar-refractivity contribution is -0.144. The van der Waals surface area contributed by atoms with Gasteiger partial charge in [0.05, 0.1) is 13.2 Å². The first kappa shape index (κ1) is 22.1. The summed E-state index contributed by atoms with van der Waals surface area (Å²) in [6, 6.07) is 0. The average molecular weight is 419 g/mol. The van der Waals surface area contributed by atoms with Gasteiger partial charge >= 0.3 is 11.9 Å². The number of phenolic OH excluding ortho intramolecular Hbond substituents is 2. The lowest BCUT2D eigenvalue weighted by Gasteiger charge is -2.26. The van der Waals surface area contributed by atoms with E-state index in [-0.39, 0.29) is 48.0 Å². The van der Waals surface area contributed by atoms with E-state index in [1.165, 1.54) is 0 Å². The van der Waals surface area contributed by atoms with Crippen molar-refractivity contribution in [3.8, 4) is 11.5 Å². The zero-order valence-electron chi connectivity index (χ0n) is 17.5. The molecule has 1 aromatic carbocycles. The van der Waals surface area contributed by atoms with Gasteiger partial charge in [-0.3, -0.25) is 9.69 Å². The Labute approximate surface area is 176 Å². The second-order valence-electron chi connectivity index (χ2n) is 7.66. The van der Waals surface area contributed by atoms with Crippen LogP contribution in [0.1, 0.15) is 46.8 Å². The van der Waals surface area contributed by atoms with E-state index in [2.05, 4.69) is 4.90 Å². The van der Waals surface area contributed by atoms with Crippen LogP contribution in [-0.2, 0) is 32.0 Å². The minimum absolute atomic E-state index is 0.0314. The SMILES string of the molecule is CC(=CCc1c(O)c(C)c2c(c1O)C(=O)OC2)CCC(=O)OCCN1CCOCC1. The van der Waals surface area contributed by atoms with Crippen molar-refractivity contribution in [2.75, 3.05) is 39.5 Å². The number of rotatable bonds is 8. The fraction of sp³-hybridized carbons (Fsp3) is 0.545. The third-order valence-corrected chi connectivity index (χ3v) is 5.62. The van der Waals surface area contributed by atoms with Crippen LogP contribution in [0.5, 0.6) is 11.5 Å². The fourth-order valence-electron chi connectivity index (χ4n) is 3.63. The molecule has 2 aliphatic heterocycles. The number of hydrogen-bond acceptors (Lipinski definition) is 8. The number of benzene rings is 1. The molecule has 1 fully saturated rings. The topological polar surface area (TPSA) is 106 Å². The molecule has 0 radical (unpaired) electrons. The predicted molar refractivity (Wildman–Crippen MR) is 109 cm³/mol. The van der Waals surface area contributed by atoms with E-state index in [1.807, 2.05) is 13.0 Å². The number of morpholine rings is 1. The standard InChI is InChI=1S/C22H29NO7/c1-14(4-6-18(24)29-12-9-23-7-10-28-11-8-23)3-5-16-20(25)15(2)17-13-30-22(27)19(17)21(16)26/h3,25-26H,4-13H2,1-2H3. The Morgan fingerprint density at radius 2 is 1.93 bits per heavy atom. The van der Waals surface area contributed by atoms with Crippen molar-refractivity contribution >= 4 is 11.9 Å². The van der Waals surface area contributed by atoms with Crippen molar-refractivity contribution in [2.24, 2.45) is 0 Å². The molecule has 0 amide bonds. The number of esters is 2. The molecule has 30 heavy (non-hydrogen) atoms. The normalized spacial score (nSPS) is 17.0. The van der Waals surface area contributed by atoms with Gasteiger partial charge in [-0.1, -0.05) is 11.6 Å². The Bertz CT molecular complexity index is 841. The van der Waals surface area contributed by atoms with Gasteiger partial charge in [0.1, 0.15) is 30.3 Å². The van der Waals surface area contributed by atoms with Gasteiger partial charge in [0, 0.05) is 37.2 Å². The summed E-state index contributed by atoms with van der Waals surface area (Å²) in [6.07, 6.45) is 2.86. The van der Waals surface area contributed by atoms with Gasteiger partial charge in [-0.2, -0.15) is 0 Å². The summed E-state index contributed by atoms with van der Waals surface area (Å²) in [5.74, 6) is -1.09. The molecule has 0 aromatic heterocycles. The van der Waals surface area contributed by atoms with Crippen LogP contribution in [0.3, 0.4) is 0 Å². The van der Waals surface area contributed by atoms with Crippen LogP contribution in [-0.4, -0.2) is 66.5 Å². The number of carbonyl (C=O) groups is 2. The van der Waals surface area contributed by atoms with Gasteiger partial charge < -0.3 is 24.4 Å². The van der Waals surface area contributed by atoms with Crippen LogP contribution in [0.15, 0.2) is 11.6 Å². The smallest absolute Gasteiger partial charge is 0.342 e. The van der Waals surface area contributed by atoms with Crippen molar-refractivity contribution in [3.63, 3.8) is 0 Å². The predicted octanol–water partition coefficient (Wildman–Crippen LogP) is 2.22. The summed E-state index contributed by atoms with van der Waals surface area (Å²) in [5, 5.41) is 20.9. The number of aromatic hydroxyl groups is 2. The first-order chi connectivity index (χ1) is 14.4. The molecule has 0 atom stereocenters. The van der Waals surface area contributed by atoms with Crippen LogP contribution in [0.2, 0.25) is 0 Å². The molecular weight excluding hydrogens is 390 g/mol. The number of cyclic esters (lactones) is 1. The first-order valence-corrected chi connectivity index (χ1v) is 10.2. The fourth-order valence-corrected chi connectivity index (χ4v) is 3.63. The van der Waals surface area contributed by atoms with E-state index < -0.39 is 5.97 Å². The highest BCUT2D eigenvalue weighted by molar-refractivity contribution is 5.98. The molecule has 1 aromatic rings. The monoisotopic (exact) mass is 419 g/mol. The van der Waals surface area contributed by atoms with Gasteiger partial charge in [-0.15, -0.1) is 0 Å². The molecule has 0 saturated carbocycles. The summed E-state index contributed by atoms with van der Waals surface area (Å²) >= 11 is 0. The largest absolute Gasteiger partial charge is 0.507 e. The third-order valence-electron chi connectivity index (χ3n) is 5.62. The van der Waals surface area contributed by atoms with E-state index in [4.69, 9.17) is 14.2 Å². The number of hydrogen-bond donors (Lipinski definition) is 2. The van der Waals surface area contributed by atoms with Crippen molar-refractivity contribution in [3.05, 3.63) is 33.9 Å². The van der Waals surface area contributed by atoms with E-state index in [0.29, 0.717) is 43.9 Å². The first-order valence-electron chi connectivity index (χ1n) is 10.2. The van der Waals surface area contributed by atoms with Crippen LogP contribution in [0.4, 0.5) is 0 Å². The summed E-state index contributed by atoms with van der Waals surface area (Å²) in [5.41, 5.74) is 2.42. The molecule has 2 heterocycles.